The summed E-state index contributed by atoms with van der Waals surface area (Å²) >= 11 is 0. The van der Waals surface area contributed by atoms with Crippen LogP contribution in [0.5, 0.6) is 0 Å². The molecule has 2 aromatic carbocycles. The SMILES string of the molecule is CCCCCCCCCc1ccc(-c2ccc(C3(C#N)CCC(CC(C)CC)CC3)cc2)cc1. The summed E-state index contributed by atoms with van der Waals surface area (Å²) in [5.41, 5.74) is 4.91. The molecule has 0 N–H and O–H groups in total. The van der Waals surface area contributed by atoms with Crippen LogP contribution in [0.3, 0.4) is 0 Å². The zero-order valence-electron chi connectivity index (χ0n) is 22.1. The minimum absolute atomic E-state index is 0.287. The quantitative estimate of drug-likeness (QED) is 0.274. The van der Waals surface area contributed by atoms with Gasteiger partial charge >= 0.3 is 0 Å². The molecule has 2 aromatic rings. The van der Waals surface area contributed by atoms with Crippen LogP contribution in [0.4, 0.5) is 0 Å². The highest BCUT2D eigenvalue weighted by Crippen LogP contribution is 2.43. The third-order valence-corrected chi connectivity index (χ3v) is 8.40. The molecule has 0 saturated heterocycles. The number of hydrogen-bond donors (Lipinski definition) is 0. The number of benzene rings is 2. The maximum atomic E-state index is 10.1. The topological polar surface area (TPSA) is 23.8 Å². The number of hydrogen-bond acceptors (Lipinski definition) is 1. The van der Waals surface area contributed by atoms with E-state index in [1.54, 1.807) is 0 Å². The van der Waals surface area contributed by atoms with Gasteiger partial charge in [0.1, 0.15) is 0 Å². The van der Waals surface area contributed by atoms with Gasteiger partial charge in [-0.2, -0.15) is 5.26 Å². The summed E-state index contributed by atoms with van der Waals surface area (Å²) in [6.45, 7) is 6.94. The molecule has 0 radical (unpaired) electrons. The summed E-state index contributed by atoms with van der Waals surface area (Å²) in [4.78, 5) is 0. The van der Waals surface area contributed by atoms with Crippen molar-refractivity contribution in [2.24, 2.45) is 11.8 Å². The van der Waals surface area contributed by atoms with E-state index in [1.165, 1.54) is 99.3 Å². The van der Waals surface area contributed by atoms with Gasteiger partial charge in [-0.15, -0.1) is 0 Å². The highest BCUT2D eigenvalue weighted by molar-refractivity contribution is 5.64. The van der Waals surface area contributed by atoms with Gasteiger partial charge in [-0.25, -0.2) is 0 Å². The molecule has 0 aromatic heterocycles. The Bertz CT molecular complexity index is 862. The van der Waals surface area contributed by atoms with Crippen molar-refractivity contribution >= 4 is 0 Å². The highest BCUT2D eigenvalue weighted by atomic mass is 14.4. The second-order valence-electron chi connectivity index (χ2n) is 11.0. The Labute approximate surface area is 210 Å². The van der Waals surface area contributed by atoms with Crippen LogP contribution >= 0.6 is 0 Å². The van der Waals surface area contributed by atoms with Crippen molar-refractivity contribution in [2.45, 2.75) is 116 Å². The van der Waals surface area contributed by atoms with Gasteiger partial charge < -0.3 is 0 Å². The molecule has 1 atom stereocenters. The molecule has 3 rings (SSSR count). The summed E-state index contributed by atoms with van der Waals surface area (Å²) in [6.07, 6.45) is 17.7. The lowest BCUT2D eigenvalue weighted by molar-refractivity contribution is 0.241. The third-order valence-electron chi connectivity index (χ3n) is 8.40. The Hall–Kier alpha value is -2.07. The fourth-order valence-corrected chi connectivity index (χ4v) is 5.74. The molecule has 1 aliphatic carbocycles. The van der Waals surface area contributed by atoms with Crippen molar-refractivity contribution in [1.29, 1.82) is 5.26 Å². The van der Waals surface area contributed by atoms with E-state index in [0.29, 0.717) is 0 Å². The van der Waals surface area contributed by atoms with Gasteiger partial charge in [0.25, 0.3) is 0 Å². The zero-order valence-corrected chi connectivity index (χ0v) is 22.1. The Morgan fingerprint density at radius 2 is 1.38 bits per heavy atom. The molecule has 0 aliphatic heterocycles. The van der Waals surface area contributed by atoms with Crippen LogP contribution in [0.15, 0.2) is 48.5 Å². The third kappa shape index (κ3) is 7.46. The van der Waals surface area contributed by atoms with Gasteiger partial charge in [-0.1, -0.05) is 114 Å². The number of nitriles is 1. The van der Waals surface area contributed by atoms with Crippen molar-refractivity contribution < 1.29 is 0 Å². The first-order valence-corrected chi connectivity index (χ1v) is 14.2. The van der Waals surface area contributed by atoms with Crippen molar-refractivity contribution in [3.05, 3.63) is 59.7 Å². The standard InChI is InChI=1S/C33H47N/c1-4-6-7-8-9-10-11-12-28-13-15-30(16-14-28)31-17-19-32(20-18-31)33(26-34)23-21-29(22-24-33)25-27(3)5-2/h13-20,27,29H,4-12,21-25H2,1-3H3. The normalized spacial score (nSPS) is 21.2. The van der Waals surface area contributed by atoms with E-state index in [0.717, 1.165) is 24.7 Å². The Morgan fingerprint density at radius 1 is 0.824 bits per heavy atom. The molecule has 1 fully saturated rings. The molecular weight excluding hydrogens is 410 g/mol. The largest absolute Gasteiger partial charge is 0.197 e. The predicted octanol–water partition coefficient (Wildman–Crippen LogP) is 10.0. The van der Waals surface area contributed by atoms with Crippen LogP contribution < -0.4 is 0 Å². The maximum absolute atomic E-state index is 10.1. The molecular formula is C33H47N. The lowest BCUT2D eigenvalue weighted by atomic mass is 9.66. The fraction of sp³-hybridized carbons (Fsp3) is 0.606. The monoisotopic (exact) mass is 457 g/mol. The Morgan fingerprint density at radius 3 is 1.94 bits per heavy atom. The summed E-state index contributed by atoms with van der Waals surface area (Å²) in [5.74, 6) is 1.61. The number of aryl methyl sites for hydroxylation is 1. The molecule has 34 heavy (non-hydrogen) atoms. The summed E-state index contributed by atoms with van der Waals surface area (Å²) in [5, 5.41) is 10.1. The second kappa shape index (κ2) is 13.7. The fourth-order valence-electron chi connectivity index (χ4n) is 5.74. The minimum atomic E-state index is -0.287. The lowest BCUT2D eigenvalue weighted by Crippen LogP contribution is -2.30. The summed E-state index contributed by atoms with van der Waals surface area (Å²) < 4.78 is 0. The van der Waals surface area contributed by atoms with Gasteiger partial charge in [0.15, 0.2) is 0 Å². The van der Waals surface area contributed by atoms with E-state index in [-0.39, 0.29) is 5.41 Å². The Kier molecular flexibility index (Phi) is 10.7. The maximum Gasteiger partial charge on any atom is 0.0822 e. The molecule has 1 saturated carbocycles. The van der Waals surface area contributed by atoms with E-state index in [1.807, 2.05) is 0 Å². The van der Waals surface area contributed by atoms with Crippen molar-refractivity contribution in [2.75, 3.05) is 0 Å². The van der Waals surface area contributed by atoms with Crippen LogP contribution in [-0.4, -0.2) is 0 Å². The number of nitrogens with zero attached hydrogens (tertiary/aromatic N) is 1. The Balaban J connectivity index is 1.52. The first-order valence-electron chi connectivity index (χ1n) is 14.2. The first-order chi connectivity index (χ1) is 16.6. The number of rotatable bonds is 13. The molecule has 1 unspecified atom stereocenters. The summed E-state index contributed by atoms with van der Waals surface area (Å²) in [7, 11) is 0. The summed E-state index contributed by atoms with van der Waals surface area (Å²) in [6, 6.07) is 20.8. The van der Waals surface area contributed by atoms with Gasteiger partial charge in [0.2, 0.25) is 0 Å². The molecule has 0 amide bonds. The van der Waals surface area contributed by atoms with E-state index >= 15 is 0 Å². The van der Waals surface area contributed by atoms with Gasteiger partial charge in [-0.05, 0) is 79.0 Å². The van der Waals surface area contributed by atoms with E-state index in [2.05, 4.69) is 75.4 Å². The highest BCUT2D eigenvalue weighted by Gasteiger charge is 2.37. The van der Waals surface area contributed by atoms with Crippen molar-refractivity contribution in [3.63, 3.8) is 0 Å². The van der Waals surface area contributed by atoms with E-state index in [4.69, 9.17) is 0 Å². The van der Waals surface area contributed by atoms with Crippen LogP contribution in [0.25, 0.3) is 11.1 Å². The average Bonchev–Trinajstić information content (AvgIpc) is 2.89. The predicted molar refractivity (Wildman–Crippen MR) is 147 cm³/mol. The molecule has 0 bridgehead atoms. The van der Waals surface area contributed by atoms with E-state index < -0.39 is 0 Å². The van der Waals surface area contributed by atoms with E-state index in [9.17, 15) is 5.26 Å². The van der Waals surface area contributed by atoms with Crippen LogP contribution in [0.2, 0.25) is 0 Å². The van der Waals surface area contributed by atoms with Crippen LogP contribution in [-0.2, 0) is 11.8 Å². The minimum Gasteiger partial charge on any atom is -0.197 e. The molecule has 1 aliphatic rings. The van der Waals surface area contributed by atoms with Gasteiger partial charge in [-0.3, -0.25) is 0 Å². The second-order valence-corrected chi connectivity index (χ2v) is 11.0. The molecule has 0 heterocycles. The lowest BCUT2D eigenvalue weighted by Gasteiger charge is -2.36. The number of unbranched alkanes of at least 4 members (excludes halogenated alkanes) is 6. The molecule has 184 valence electrons. The van der Waals surface area contributed by atoms with Crippen LogP contribution in [0.1, 0.15) is 115 Å². The van der Waals surface area contributed by atoms with Gasteiger partial charge in [0, 0.05) is 0 Å². The zero-order chi connectivity index (χ0) is 24.2. The molecule has 0 spiro atoms. The van der Waals surface area contributed by atoms with Crippen LogP contribution in [0, 0.1) is 23.2 Å². The molecule has 1 nitrogen and oxygen atoms in total. The first kappa shape index (κ1) is 26.5. The van der Waals surface area contributed by atoms with Crippen molar-refractivity contribution in [3.8, 4) is 17.2 Å². The smallest absolute Gasteiger partial charge is 0.0822 e. The van der Waals surface area contributed by atoms with Crippen molar-refractivity contribution in [1.82, 2.24) is 0 Å². The molecule has 1 heteroatoms. The van der Waals surface area contributed by atoms with Gasteiger partial charge in [0.05, 0.1) is 11.5 Å². The average molecular weight is 458 g/mol.